The first kappa shape index (κ1) is 15.5. The number of carboxylic acids is 1. The Morgan fingerprint density at radius 2 is 1.86 bits per heavy atom. The lowest BCUT2D eigenvalue weighted by molar-refractivity contribution is 0.0697. The van der Waals surface area contributed by atoms with E-state index in [9.17, 15) is 14.0 Å². The van der Waals surface area contributed by atoms with Crippen molar-refractivity contribution in [2.75, 3.05) is 5.32 Å². The zero-order chi connectivity index (χ0) is 15.6. The third kappa shape index (κ3) is 3.59. The Labute approximate surface area is 132 Å². The second-order valence-electron chi connectivity index (χ2n) is 4.07. The molecule has 0 spiro atoms. The maximum atomic E-state index is 13.1. The van der Waals surface area contributed by atoms with Crippen LogP contribution < -0.4 is 5.32 Å². The number of amides is 1. The number of rotatable bonds is 3. The number of carbonyl (C=O) groups is 2. The number of carbonyl (C=O) groups excluding carboxylic acids is 1. The van der Waals surface area contributed by atoms with Gasteiger partial charge in [-0.15, -0.1) is 0 Å². The van der Waals surface area contributed by atoms with Crippen molar-refractivity contribution in [2.24, 2.45) is 0 Å². The Hall–Kier alpha value is -1.92. The summed E-state index contributed by atoms with van der Waals surface area (Å²) in [5.74, 6) is -2.62. The first-order valence-corrected chi connectivity index (χ1v) is 6.85. The summed E-state index contributed by atoms with van der Waals surface area (Å²) in [6.45, 7) is 0. The molecule has 2 aromatic carbocycles. The van der Waals surface area contributed by atoms with E-state index in [1.54, 1.807) is 12.1 Å². The van der Waals surface area contributed by atoms with Gasteiger partial charge in [-0.05, 0) is 36.4 Å². The summed E-state index contributed by atoms with van der Waals surface area (Å²) in [4.78, 5) is 23.2. The minimum Gasteiger partial charge on any atom is -0.478 e. The van der Waals surface area contributed by atoms with Gasteiger partial charge >= 0.3 is 5.97 Å². The molecule has 2 N–H and O–H groups in total. The van der Waals surface area contributed by atoms with Crippen molar-refractivity contribution in [3.8, 4) is 0 Å². The van der Waals surface area contributed by atoms with Crippen molar-refractivity contribution in [2.45, 2.75) is 0 Å². The largest absolute Gasteiger partial charge is 0.478 e. The van der Waals surface area contributed by atoms with Crippen LogP contribution in [-0.4, -0.2) is 17.0 Å². The van der Waals surface area contributed by atoms with E-state index in [1.807, 2.05) is 0 Å². The fraction of sp³-hybridized carbons (Fsp3) is 0. The van der Waals surface area contributed by atoms with E-state index in [-0.39, 0.29) is 21.8 Å². The smallest absolute Gasteiger partial charge is 0.337 e. The van der Waals surface area contributed by atoms with Crippen LogP contribution in [0.4, 0.5) is 10.1 Å². The molecule has 7 heteroatoms. The molecule has 1 amide bonds. The van der Waals surface area contributed by atoms with Gasteiger partial charge in [0.25, 0.3) is 5.91 Å². The standard InChI is InChI=1S/C14H8BrClFNO3/c15-7-1-3-9(11(16)5-7)13(19)18-12-4-2-8(17)6-10(12)14(20)21/h1-6H,(H,18,19)(H,20,21). The molecule has 2 aromatic rings. The predicted molar refractivity (Wildman–Crippen MR) is 80.5 cm³/mol. The number of anilines is 1. The van der Waals surface area contributed by atoms with Gasteiger partial charge in [-0.1, -0.05) is 27.5 Å². The van der Waals surface area contributed by atoms with Crippen LogP contribution in [0, 0.1) is 5.82 Å². The molecule has 0 saturated heterocycles. The van der Waals surface area contributed by atoms with E-state index in [0.717, 1.165) is 12.1 Å². The Kier molecular flexibility index (Phi) is 4.59. The van der Waals surface area contributed by atoms with Gasteiger partial charge in [-0.3, -0.25) is 4.79 Å². The molecule has 0 aliphatic rings. The Morgan fingerprint density at radius 1 is 1.14 bits per heavy atom. The Bertz CT molecular complexity index is 736. The van der Waals surface area contributed by atoms with Gasteiger partial charge < -0.3 is 10.4 Å². The van der Waals surface area contributed by atoms with Gasteiger partial charge in [0.1, 0.15) is 5.82 Å². The minimum atomic E-state index is -1.34. The first-order valence-electron chi connectivity index (χ1n) is 5.67. The van der Waals surface area contributed by atoms with Crippen LogP contribution in [0.1, 0.15) is 20.7 Å². The molecule has 108 valence electrons. The zero-order valence-corrected chi connectivity index (χ0v) is 12.7. The monoisotopic (exact) mass is 371 g/mol. The van der Waals surface area contributed by atoms with E-state index in [4.69, 9.17) is 16.7 Å². The molecule has 4 nitrogen and oxygen atoms in total. The lowest BCUT2D eigenvalue weighted by atomic mass is 10.1. The molecule has 0 atom stereocenters. The number of aromatic carboxylic acids is 1. The summed E-state index contributed by atoms with van der Waals surface area (Å²) >= 11 is 9.17. The van der Waals surface area contributed by atoms with Crippen LogP contribution in [-0.2, 0) is 0 Å². The second-order valence-corrected chi connectivity index (χ2v) is 5.40. The summed E-state index contributed by atoms with van der Waals surface area (Å²) < 4.78 is 13.8. The molecule has 0 radical (unpaired) electrons. The molecular weight excluding hydrogens is 365 g/mol. The fourth-order valence-electron chi connectivity index (χ4n) is 1.67. The quantitative estimate of drug-likeness (QED) is 0.849. The Balaban J connectivity index is 2.34. The highest BCUT2D eigenvalue weighted by Crippen LogP contribution is 2.23. The molecule has 0 aromatic heterocycles. The molecule has 0 heterocycles. The third-order valence-corrected chi connectivity index (χ3v) is 3.44. The lowest BCUT2D eigenvalue weighted by Crippen LogP contribution is -2.15. The molecule has 0 fully saturated rings. The third-order valence-electron chi connectivity index (χ3n) is 2.64. The first-order chi connectivity index (χ1) is 9.88. The van der Waals surface area contributed by atoms with Gasteiger partial charge in [0.15, 0.2) is 0 Å². The molecule has 0 aliphatic heterocycles. The fourth-order valence-corrected chi connectivity index (χ4v) is 2.42. The number of benzene rings is 2. The SMILES string of the molecule is O=C(Nc1ccc(F)cc1C(=O)O)c1ccc(Br)cc1Cl. The summed E-state index contributed by atoms with van der Waals surface area (Å²) in [5, 5.41) is 11.6. The van der Waals surface area contributed by atoms with Crippen LogP contribution in [0.5, 0.6) is 0 Å². The van der Waals surface area contributed by atoms with E-state index in [0.29, 0.717) is 4.47 Å². The topological polar surface area (TPSA) is 66.4 Å². The van der Waals surface area contributed by atoms with Crippen molar-refractivity contribution in [3.63, 3.8) is 0 Å². The second kappa shape index (κ2) is 6.24. The maximum Gasteiger partial charge on any atom is 0.337 e. The van der Waals surface area contributed by atoms with Crippen molar-refractivity contribution in [3.05, 3.63) is 62.8 Å². The number of hydrogen-bond acceptors (Lipinski definition) is 2. The van der Waals surface area contributed by atoms with Crippen molar-refractivity contribution in [1.29, 1.82) is 0 Å². The molecule has 21 heavy (non-hydrogen) atoms. The van der Waals surface area contributed by atoms with Crippen molar-refractivity contribution < 1.29 is 19.1 Å². The summed E-state index contributed by atoms with van der Waals surface area (Å²) in [5.41, 5.74) is -0.162. The summed E-state index contributed by atoms with van der Waals surface area (Å²) in [7, 11) is 0. The van der Waals surface area contributed by atoms with Crippen LogP contribution in [0.25, 0.3) is 0 Å². The van der Waals surface area contributed by atoms with E-state index < -0.39 is 17.7 Å². The molecule has 0 unspecified atom stereocenters. The normalized spacial score (nSPS) is 10.2. The van der Waals surface area contributed by atoms with Gasteiger partial charge in [-0.2, -0.15) is 0 Å². The summed E-state index contributed by atoms with van der Waals surface area (Å²) in [6, 6.07) is 7.74. The van der Waals surface area contributed by atoms with Gasteiger partial charge in [-0.25, -0.2) is 9.18 Å². The average Bonchev–Trinajstić information content (AvgIpc) is 2.40. The van der Waals surface area contributed by atoms with E-state index in [1.165, 1.54) is 12.1 Å². The number of hydrogen-bond donors (Lipinski definition) is 2. The lowest BCUT2D eigenvalue weighted by Gasteiger charge is -2.09. The molecular formula is C14H8BrClFNO3. The average molecular weight is 373 g/mol. The molecule has 2 rings (SSSR count). The van der Waals surface area contributed by atoms with Crippen molar-refractivity contribution >= 4 is 45.1 Å². The zero-order valence-electron chi connectivity index (χ0n) is 10.4. The van der Waals surface area contributed by atoms with Crippen LogP contribution >= 0.6 is 27.5 Å². The number of carboxylic acid groups (broad SMARTS) is 1. The van der Waals surface area contributed by atoms with Gasteiger partial charge in [0, 0.05) is 4.47 Å². The number of halogens is 3. The highest BCUT2D eigenvalue weighted by atomic mass is 79.9. The molecule has 0 aliphatic carbocycles. The number of nitrogens with one attached hydrogen (secondary N) is 1. The van der Waals surface area contributed by atoms with Gasteiger partial charge in [0.2, 0.25) is 0 Å². The minimum absolute atomic E-state index is 0.00659. The van der Waals surface area contributed by atoms with E-state index >= 15 is 0 Å². The molecule has 0 bridgehead atoms. The van der Waals surface area contributed by atoms with Gasteiger partial charge in [0.05, 0.1) is 21.8 Å². The highest BCUT2D eigenvalue weighted by Gasteiger charge is 2.16. The molecule has 0 saturated carbocycles. The maximum absolute atomic E-state index is 13.1. The van der Waals surface area contributed by atoms with Crippen molar-refractivity contribution in [1.82, 2.24) is 0 Å². The summed E-state index contributed by atoms with van der Waals surface area (Å²) in [6.07, 6.45) is 0. The predicted octanol–water partition coefficient (Wildman–Crippen LogP) is 4.19. The van der Waals surface area contributed by atoms with Crippen LogP contribution in [0.3, 0.4) is 0 Å². The van der Waals surface area contributed by atoms with Crippen LogP contribution in [0.2, 0.25) is 5.02 Å². The Morgan fingerprint density at radius 3 is 2.48 bits per heavy atom. The highest BCUT2D eigenvalue weighted by molar-refractivity contribution is 9.10. The van der Waals surface area contributed by atoms with Crippen LogP contribution in [0.15, 0.2) is 40.9 Å². The van der Waals surface area contributed by atoms with E-state index in [2.05, 4.69) is 21.2 Å².